The van der Waals surface area contributed by atoms with Crippen LogP contribution in [0.2, 0.25) is 0 Å². The minimum atomic E-state index is -4.96. The maximum atomic E-state index is 12.3. The first-order valence-corrected chi connectivity index (χ1v) is 6.09. The van der Waals surface area contributed by atoms with Crippen LogP contribution in [0.1, 0.15) is 40.0 Å². The van der Waals surface area contributed by atoms with E-state index in [0.29, 0.717) is 5.92 Å². The molecule has 1 saturated carbocycles. The van der Waals surface area contributed by atoms with Crippen molar-refractivity contribution in [3.8, 4) is 0 Å². The Morgan fingerprint density at radius 1 is 1.35 bits per heavy atom. The van der Waals surface area contributed by atoms with Gasteiger partial charge in [0.2, 0.25) is 0 Å². The van der Waals surface area contributed by atoms with Crippen LogP contribution < -0.4 is 0 Å². The average Bonchev–Trinajstić information content (AvgIpc) is 2.09. The lowest BCUT2D eigenvalue weighted by molar-refractivity contribution is -0.0126. The number of ether oxygens (including phenoxy) is 1. The number of halogens is 3. The normalized spacial score (nSPS) is 29.1. The third kappa shape index (κ3) is 4.74. The third-order valence-corrected chi connectivity index (χ3v) is 3.31. The van der Waals surface area contributed by atoms with Crippen LogP contribution in [0, 0.1) is 11.3 Å². The van der Waals surface area contributed by atoms with E-state index in [1.807, 2.05) is 0 Å². The molecule has 0 spiro atoms. The molecule has 0 aromatic rings. The van der Waals surface area contributed by atoms with Gasteiger partial charge in [-0.05, 0) is 30.6 Å². The fourth-order valence-corrected chi connectivity index (χ4v) is 2.70. The molecule has 100 valence electrons. The van der Waals surface area contributed by atoms with Crippen molar-refractivity contribution in [2.45, 2.75) is 46.1 Å². The van der Waals surface area contributed by atoms with E-state index in [9.17, 15) is 12.9 Å². The van der Waals surface area contributed by atoms with Crippen molar-refractivity contribution in [3.63, 3.8) is 0 Å². The van der Waals surface area contributed by atoms with Gasteiger partial charge in [-0.1, -0.05) is 20.8 Å². The van der Waals surface area contributed by atoms with Gasteiger partial charge in [-0.15, -0.1) is 12.1 Å². The zero-order valence-corrected chi connectivity index (χ0v) is 10.8. The summed E-state index contributed by atoms with van der Waals surface area (Å²) in [5.74, 6) is 0.508. The van der Waals surface area contributed by atoms with E-state index in [2.05, 4.69) is 27.4 Å². The Morgan fingerprint density at radius 3 is 2.41 bits per heavy atom. The molecule has 0 amide bonds. The van der Waals surface area contributed by atoms with Gasteiger partial charge < -0.3 is 17.7 Å². The van der Waals surface area contributed by atoms with Gasteiger partial charge in [0.1, 0.15) is 0 Å². The molecule has 0 N–H and O–H groups in total. The molecule has 0 aromatic carbocycles. The molecular weight excluding hydrogens is 228 g/mol. The molecular formula is C12H21BF3O-. The van der Waals surface area contributed by atoms with Gasteiger partial charge in [-0.2, -0.15) is 0 Å². The second-order valence-electron chi connectivity index (χ2n) is 6.08. The maximum Gasteiger partial charge on any atom is 0.507 e. The van der Waals surface area contributed by atoms with E-state index in [1.165, 1.54) is 0 Å². The highest BCUT2D eigenvalue weighted by Gasteiger charge is 2.33. The molecule has 0 saturated heterocycles. The van der Waals surface area contributed by atoms with Crippen LogP contribution in [0.5, 0.6) is 0 Å². The van der Waals surface area contributed by atoms with E-state index in [4.69, 9.17) is 4.74 Å². The van der Waals surface area contributed by atoms with Crippen molar-refractivity contribution in [3.05, 3.63) is 12.1 Å². The Kier molecular flexibility index (Phi) is 4.34. The zero-order chi connectivity index (χ0) is 13.3. The molecule has 0 bridgehead atoms. The van der Waals surface area contributed by atoms with Crippen molar-refractivity contribution in [1.29, 1.82) is 0 Å². The van der Waals surface area contributed by atoms with Gasteiger partial charge in [-0.25, -0.2) is 0 Å². The molecule has 1 aliphatic carbocycles. The van der Waals surface area contributed by atoms with Gasteiger partial charge in [0.15, 0.2) is 0 Å². The first-order chi connectivity index (χ1) is 7.60. The summed E-state index contributed by atoms with van der Waals surface area (Å²) in [6, 6.07) is 0. The molecule has 0 heterocycles. The van der Waals surface area contributed by atoms with Gasteiger partial charge in [0.05, 0.1) is 6.10 Å². The fraction of sp³-hybridized carbons (Fsp3) is 0.833. The van der Waals surface area contributed by atoms with Crippen LogP contribution >= 0.6 is 0 Å². The summed E-state index contributed by atoms with van der Waals surface area (Å²) in [5, 5.41) is 0. The lowest BCUT2D eigenvalue weighted by atomic mass is 9.71. The predicted octanol–water partition coefficient (Wildman–Crippen LogP) is 4.16. The van der Waals surface area contributed by atoms with Crippen molar-refractivity contribution >= 4 is 6.98 Å². The monoisotopic (exact) mass is 249 g/mol. The Morgan fingerprint density at radius 2 is 1.94 bits per heavy atom. The van der Waals surface area contributed by atoms with Crippen molar-refractivity contribution in [2.24, 2.45) is 11.3 Å². The highest BCUT2D eigenvalue weighted by atomic mass is 19.4. The molecule has 0 radical (unpaired) electrons. The molecule has 1 rings (SSSR count). The standard InChI is InChI=1S/C12H21BF3O/c1-9-5-11(7-12(3,4)6-9)17-8-10(2)13(14,15)16/h9,11H,2,5-8H2,1,3-4H3/q-1. The number of hydrogen-bond acceptors (Lipinski definition) is 1. The Balaban J connectivity index is 2.45. The first kappa shape index (κ1) is 14.6. The first-order valence-electron chi connectivity index (χ1n) is 6.09. The second kappa shape index (κ2) is 5.05. The quantitative estimate of drug-likeness (QED) is 0.679. The van der Waals surface area contributed by atoms with E-state index < -0.39 is 12.4 Å². The van der Waals surface area contributed by atoms with Crippen LogP contribution in [-0.4, -0.2) is 19.7 Å². The average molecular weight is 249 g/mol. The summed E-state index contributed by atoms with van der Waals surface area (Å²) >= 11 is 0. The van der Waals surface area contributed by atoms with E-state index in [-0.39, 0.29) is 18.1 Å². The van der Waals surface area contributed by atoms with Crippen molar-refractivity contribution in [1.82, 2.24) is 0 Å². The molecule has 2 atom stereocenters. The van der Waals surface area contributed by atoms with Gasteiger partial charge in [-0.3, -0.25) is 0 Å². The highest BCUT2D eigenvalue weighted by Crippen LogP contribution is 2.39. The predicted molar refractivity (Wildman–Crippen MR) is 64.8 cm³/mol. The van der Waals surface area contributed by atoms with Crippen LogP contribution in [-0.2, 0) is 4.74 Å². The number of rotatable bonds is 4. The zero-order valence-electron chi connectivity index (χ0n) is 10.8. The molecule has 5 heteroatoms. The minimum absolute atomic E-state index is 0.0661. The Labute approximate surface area is 101 Å². The lowest BCUT2D eigenvalue weighted by Crippen LogP contribution is -2.34. The van der Waals surface area contributed by atoms with Gasteiger partial charge in [0.25, 0.3) is 0 Å². The third-order valence-electron chi connectivity index (χ3n) is 3.31. The molecule has 1 aliphatic rings. The van der Waals surface area contributed by atoms with Crippen molar-refractivity contribution in [2.75, 3.05) is 6.61 Å². The number of hydrogen-bond donors (Lipinski definition) is 0. The van der Waals surface area contributed by atoms with Gasteiger partial charge >= 0.3 is 6.98 Å². The molecule has 2 unspecified atom stereocenters. The largest absolute Gasteiger partial charge is 0.507 e. The molecule has 0 aromatic heterocycles. The Hall–Kier alpha value is -0.445. The molecule has 17 heavy (non-hydrogen) atoms. The molecule has 0 aliphatic heterocycles. The summed E-state index contributed by atoms with van der Waals surface area (Å²) in [4.78, 5) is 0. The molecule has 1 fully saturated rings. The van der Waals surface area contributed by atoms with Crippen LogP contribution in [0.3, 0.4) is 0 Å². The molecule has 1 nitrogen and oxygen atoms in total. The maximum absolute atomic E-state index is 12.3. The topological polar surface area (TPSA) is 9.23 Å². The summed E-state index contributed by atoms with van der Waals surface area (Å²) in [6.45, 7) is 4.11. The summed E-state index contributed by atoms with van der Waals surface area (Å²) in [5.41, 5.74) is -0.575. The summed E-state index contributed by atoms with van der Waals surface area (Å²) in [6.07, 6.45) is 2.72. The van der Waals surface area contributed by atoms with Crippen LogP contribution in [0.25, 0.3) is 0 Å². The smallest absolute Gasteiger partial charge is 0.445 e. The second-order valence-corrected chi connectivity index (χ2v) is 6.08. The SMILES string of the molecule is C=C(COC1CC(C)CC(C)(C)C1)[B-](F)(F)F. The minimum Gasteiger partial charge on any atom is -0.445 e. The lowest BCUT2D eigenvalue weighted by Gasteiger charge is -2.39. The fourth-order valence-electron chi connectivity index (χ4n) is 2.70. The van der Waals surface area contributed by atoms with Crippen LogP contribution in [0.4, 0.5) is 12.9 Å². The highest BCUT2D eigenvalue weighted by molar-refractivity contribution is 6.66. The van der Waals surface area contributed by atoms with Gasteiger partial charge in [0, 0.05) is 6.61 Å². The van der Waals surface area contributed by atoms with E-state index in [1.54, 1.807) is 0 Å². The summed E-state index contributed by atoms with van der Waals surface area (Å²) in [7, 11) is 0. The Bertz CT molecular complexity index is 286. The summed E-state index contributed by atoms with van der Waals surface area (Å²) < 4.78 is 42.3. The van der Waals surface area contributed by atoms with Crippen LogP contribution in [0.15, 0.2) is 12.1 Å². The van der Waals surface area contributed by atoms with E-state index in [0.717, 1.165) is 19.3 Å². The van der Waals surface area contributed by atoms with Crippen molar-refractivity contribution < 1.29 is 17.7 Å². The van der Waals surface area contributed by atoms with E-state index >= 15 is 0 Å².